The molecular weight excluding hydrogens is 290 g/mol. The summed E-state index contributed by atoms with van der Waals surface area (Å²) in [5.41, 5.74) is -0.599. The largest absolute Gasteiger partial charge is 0.298 e. The topological polar surface area (TPSA) is 97.4 Å². The van der Waals surface area contributed by atoms with E-state index in [-0.39, 0.29) is 36.7 Å². The van der Waals surface area contributed by atoms with Crippen molar-refractivity contribution < 1.29 is 21.6 Å². The third-order valence-corrected chi connectivity index (χ3v) is 6.82. The smallest absolute Gasteiger partial charge is 0.214 e. The maximum Gasteiger partial charge on any atom is 0.214 e. The Morgan fingerprint density at radius 1 is 1.21 bits per heavy atom. The zero-order chi connectivity index (χ0) is 14.9. The molecule has 6 nitrogen and oxygen atoms in total. The Labute approximate surface area is 114 Å². The van der Waals surface area contributed by atoms with E-state index in [9.17, 15) is 21.6 Å². The Kier molecular flexibility index (Phi) is 4.79. The van der Waals surface area contributed by atoms with E-state index < -0.39 is 30.5 Å². The summed E-state index contributed by atoms with van der Waals surface area (Å²) < 4.78 is 48.7. The predicted molar refractivity (Wildman–Crippen MR) is 73.1 cm³/mol. The number of nitrogens with one attached hydrogen (secondary N) is 1. The van der Waals surface area contributed by atoms with Crippen molar-refractivity contribution in [2.45, 2.75) is 38.9 Å². The Morgan fingerprint density at radius 2 is 1.68 bits per heavy atom. The molecule has 0 aromatic rings. The van der Waals surface area contributed by atoms with E-state index in [1.54, 1.807) is 20.8 Å². The van der Waals surface area contributed by atoms with Crippen LogP contribution in [-0.4, -0.2) is 45.9 Å². The summed E-state index contributed by atoms with van der Waals surface area (Å²) in [5.74, 6) is -0.406. The van der Waals surface area contributed by atoms with E-state index in [4.69, 9.17) is 0 Å². The second-order valence-corrected chi connectivity index (χ2v) is 10.2. The number of hydrogen-bond acceptors (Lipinski definition) is 5. The molecule has 0 radical (unpaired) electrons. The molecule has 0 atom stereocenters. The third-order valence-electron chi connectivity index (χ3n) is 3.21. The van der Waals surface area contributed by atoms with Gasteiger partial charge in [-0.25, -0.2) is 21.6 Å². The summed E-state index contributed by atoms with van der Waals surface area (Å²) in [7, 11) is -6.71. The van der Waals surface area contributed by atoms with E-state index in [1.807, 2.05) is 0 Å². The Morgan fingerprint density at radius 3 is 2.11 bits per heavy atom. The summed E-state index contributed by atoms with van der Waals surface area (Å²) in [6.45, 7) is 4.92. The van der Waals surface area contributed by atoms with Crippen LogP contribution in [0, 0.1) is 5.41 Å². The zero-order valence-electron chi connectivity index (χ0n) is 11.5. The molecule has 0 unspecified atom stereocenters. The molecule has 1 saturated heterocycles. The van der Waals surface area contributed by atoms with Crippen molar-refractivity contribution in [2.24, 2.45) is 5.41 Å². The molecule has 1 aliphatic heterocycles. The summed E-state index contributed by atoms with van der Waals surface area (Å²) >= 11 is 0. The molecule has 1 fully saturated rings. The molecule has 1 aliphatic rings. The number of ketones is 1. The second kappa shape index (κ2) is 5.49. The fraction of sp³-hybridized carbons (Fsp3) is 0.909. The summed E-state index contributed by atoms with van der Waals surface area (Å²) in [6.07, 6.45) is 0.197. The highest BCUT2D eigenvalue weighted by Gasteiger charge is 2.33. The number of sulfone groups is 1. The quantitative estimate of drug-likeness (QED) is 0.794. The first-order chi connectivity index (χ1) is 8.44. The van der Waals surface area contributed by atoms with Crippen molar-refractivity contribution in [3.63, 3.8) is 0 Å². The number of rotatable bonds is 4. The standard InChI is InChI=1S/C11H21NO5S2/c1-11(2,3)10(13)8-12-19(16,17)9-4-6-18(14,15)7-5-9/h9,12H,4-8H2,1-3H3. The molecule has 0 aromatic heterocycles. The van der Waals surface area contributed by atoms with Gasteiger partial charge < -0.3 is 0 Å². The fourth-order valence-electron chi connectivity index (χ4n) is 1.73. The van der Waals surface area contributed by atoms with Gasteiger partial charge in [-0.15, -0.1) is 0 Å². The summed E-state index contributed by atoms with van der Waals surface area (Å²) in [4.78, 5) is 11.7. The van der Waals surface area contributed by atoms with Gasteiger partial charge in [0.25, 0.3) is 0 Å². The lowest BCUT2D eigenvalue weighted by atomic mass is 9.91. The molecule has 19 heavy (non-hydrogen) atoms. The maximum absolute atomic E-state index is 12.0. The SMILES string of the molecule is CC(C)(C)C(=O)CNS(=O)(=O)C1CCS(=O)(=O)CC1. The molecule has 0 aromatic carbocycles. The van der Waals surface area contributed by atoms with Crippen molar-refractivity contribution in [3.05, 3.63) is 0 Å². The molecule has 1 N–H and O–H groups in total. The highest BCUT2D eigenvalue weighted by molar-refractivity contribution is 7.92. The normalized spacial score (nSPS) is 21.2. The molecule has 112 valence electrons. The molecule has 0 saturated carbocycles. The fourth-order valence-corrected chi connectivity index (χ4v) is 4.94. The van der Waals surface area contributed by atoms with Crippen LogP contribution in [0.15, 0.2) is 0 Å². The number of carbonyl (C=O) groups excluding carboxylic acids is 1. The molecular formula is C11H21NO5S2. The molecule has 0 aliphatic carbocycles. The van der Waals surface area contributed by atoms with Gasteiger partial charge in [-0.3, -0.25) is 4.79 Å². The lowest BCUT2D eigenvalue weighted by Gasteiger charge is -2.23. The highest BCUT2D eigenvalue weighted by atomic mass is 32.2. The molecule has 0 amide bonds. The van der Waals surface area contributed by atoms with Crippen LogP contribution in [0.5, 0.6) is 0 Å². The number of hydrogen-bond donors (Lipinski definition) is 1. The van der Waals surface area contributed by atoms with Crippen LogP contribution in [0.3, 0.4) is 0 Å². The van der Waals surface area contributed by atoms with Crippen molar-refractivity contribution in [2.75, 3.05) is 18.1 Å². The van der Waals surface area contributed by atoms with Gasteiger partial charge in [0.05, 0.1) is 23.3 Å². The lowest BCUT2D eigenvalue weighted by Crippen LogP contribution is -2.43. The van der Waals surface area contributed by atoms with E-state index in [0.717, 1.165) is 0 Å². The Bertz CT molecular complexity index is 528. The van der Waals surface area contributed by atoms with Crippen molar-refractivity contribution in [1.29, 1.82) is 0 Å². The molecule has 1 heterocycles. The average molecular weight is 311 g/mol. The summed E-state index contributed by atoms with van der Waals surface area (Å²) in [6, 6.07) is 0. The van der Waals surface area contributed by atoms with E-state index in [0.29, 0.717) is 0 Å². The number of sulfonamides is 1. The Hall–Kier alpha value is -0.470. The van der Waals surface area contributed by atoms with Crippen LogP contribution in [-0.2, 0) is 24.7 Å². The molecule has 0 bridgehead atoms. The van der Waals surface area contributed by atoms with Gasteiger partial charge in [0.2, 0.25) is 10.0 Å². The van der Waals surface area contributed by atoms with Crippen LogP contribution < -0.4 is 4.72 Å². The van der Waals surface area contributed by atoms with Crippen LogP contribution >= 0.6 is 0 Å². The predicted octanol–water partition coefficient (Wildman–Crippen LogP) is 0.0982. The molecule has 8 heteroatoms. The van der Waals surface area contributed by atoms with Crippen LogP contribution in [0.2, 0.25) is 0 Å². The van der Waals surface area contributed by atoms with E-state index in [2.05, 4.69) is 4.72 Å². The molecule has 1 rings (SSSR count). The van der Waals surface area contributed by atoms with Gasteiger partial charge in [0, 0.05) is 5.41 Å². The number of carbonyl (C=O) groups is 1. The van der Waals surface area contributed by atoms with Crippen molar-refractivity contribution in [1.82, 2.24) is 4.72 Å². The van der Waals surface area contributed by atoms with Gasteiger partial charge in [-0.2, -0.15) is 0 Å². The minimum Gasteiger partial charge on any atom is -0.298 e. The zero-order valence-corrected chi connectivity index (χ0v) is 13.1. The Balaban J connectivity index is 2.61. The van der Waals surface area contributed by atoms with Gasteiger partial charge in [-0.1, -0.05) is 20.8 Å². The van der Waals surface area contributed by atoms with Crippen LogP contribution in [0.25, 0.3) is 0 Å². The maximum atomic E-state index is 12.0. The first-order valence-corrected chi connectivity index (χ1v) is 9.53. The number of Topliss-reactive ketones (excluding diaryl/α,β-unsaturated/α-hetero) is 1. The van der Waals surface area contributed by atoms with Gasteiger partial charge in [0.1, 0.15) is 9.84 Å². The highest BCUT2D eigenvalue weighted by Crippen LogP contribution is 2.19. The van der Waals surface area contributed by atoms with Crippen molar-refractivity contribution in [3.8, 4) is 0 Å². The van der Waals surface area contributed by atoms with Crippen molar-refractivity contribution >= 4 is 25.6 Å². The monoisotopic (exact) mass is 311 g/mol. The van der Waals surface area contributed by atoms with Crippen LogP contribution in [0.4, 0.5) is 0 Å². The first kappa shape index (κ1) is 16.6. The van der Waals surface area contributed by atoms with Crippen LogP contribution in [0.1, 0.15) is 33.6 Å². The van der Waals surface area contributed by atoms with Gasteiger partial charge in [-0.05, 0) is 12.8 Å². The minimum absolute atomic E-state index is 0.0986. The molecule has 0 spiro atoms. The minimum atomic E-state index is -3.62. The van der Waals surface area contributed by atoms with Gasteiger partial charge >= 0.3 is 0 Å². The lowest BCUT2D eigenvalue weighted by molar-refractivity contribution is -0.125. The second-order valence-electron chi connectivity index (χ2n) is 5.89. The third kappa shape index (κ3) is 4.85. The summed E-state index contributed by atoms with van der Waals surface area (Å²) in [5, 5.41) is -0.719. The van der Waals surface area contributed by atoms with Gasteiger partial charge in [0.15, 0.2) is 5.78 Å². The van der Waals surface area contributed by atoms with E-state index in [1.165, 1.54) is 0 Å². The van der Waals surface area contributed by atoms with E-state index >= 15 is 0 Å². The average Bonchev–Trinajstić information content (AvgIpc) is 2.24. The first-order valence-electron chi connectivity index (χ1n) is 6.16.